The second-order valence-electron chi connectivity index (χ2n) is 5.34. The lowest BCUT2D eigenvalue weighted by Gasteiger charge is -2.60. The molecular formula is C13H16BrN. The Bertz CT molecular complexity index is 387. The van der Waals surface area contributed by atoms with Gasteiger partial charge in [0.05, 0.1) is 0 Å². The summed E-state index contributed by atoms with van der Waals surface area (Å²) < 4.78 is 1.17. The van der Waals surface area contributed by atoms with Gasteiger partial charge >= 0.3 is 0 Å². The maximum atomic E-state index is 6.48. The molecule has 2 heteroatoms. The standard InChI is InChI=1S/C13H16BrN/c14-11-5-2-1-4-10(11)13(15)8-12(9-13)6-3-7-12/h1-2,4-5H,3,6-9,15H2. The Kier molecular flexibility index (Phi) is 2.02. The van der Waals surface area contributed by atoms with Gasteiger partial charge in [0.1, 0.15) is 0 Å². The summed E-state index contributed by atoms with van der Waals surface area (Å²) in [4.78, 5) is 0. The molecule has 2 aliphatic carbocycles. The van der Waals surface area contributed by atoms with E-state index < -0.39 is 0 Å². The zero-order valence-corrected chi connectivity index (χ0v) is 10.4. The Morgan fingerprint density at radius 3 is 2.33 bits per heavy atom. The third kappa shape index (κ3) is 1.38. The first-order chi connectivity index (χ1) is 7.14. The van der Waals surface area contributed by atoms with Crippen molar-refractivity contribution in [3.05, 3.63) is 34.3 Å². The predicted molar refractivity (Wildman–Crippen MR) is 65.5 cm³/mol. The second-order valence-corrected chi connectivity index (χ2v) is 6.20. The van der Waals surface area contributed by atoms with Gasteiger partial charge in [-0.05, 0) is 42.7 Å². The van der Waals surface area contributed by atoms with Gasteiger partial charge in [-0.25, -0.2) is 0 Å². The van der Waals surface area contributed by atoms with Crippen LogP contribution in [0.4, 0.5) is 0 Å². The first-order valence-corrected chi connectivity index (χ1v) is 6.47. The van der Waals surface area contributed by atoms with Crippen molar-refractivity contribution in [3.8, 4) is 0 Å². The zero-order valence-electron chi connectivity index (χ0n) is 8.80. The average Bonchev–Trinajstić information content (AvgIpc) is 2.11. The predicted octanol–water partition coefficient (Wildman–Crippen LogP) is 3.57. The Morgan fingerprint density at radius 2 is 1.80 bits per heavy atom. The first kappa shape index (κ1) is 9.86. The molecule has 2 fully saturated rings. The van der Waals surface area contributed by atoms with Crippen LogP contribution in [0.2, 0.25) is 0 Å². The molecule has 2 N–H and O–H groups in total. The van der Waals surface area contributed by atoms with Crippen LogP contribution < -0.4 is 5.73 Å². The minimum Gasteiger partial charge on any atom is -0.321 e. The number of halogens is 1. The van der Waals surface area contributed by atoms with Gasteiger partial charge in [-0.2, -0.15) is 0 Å². The summed E-state index contributed by atoms with van der Waals surface area (Å²) in [5.74, 6) is 0. The van der Waals surface area contributed by atoms with E-state index in [1.165, 1.54) is 42.1 Å². The van der Waals surface area contributed by atoms with Gasteiger partial charge in [-0.15, -0.1) is 0 Å². The van der Waals surface area contributed by atoms with Crippen molar-refractivity contribution in [2.45, 2.75) is 37.6 Å². The number of rotatable bonds is 1. The van der Waals surface area contributed by atoms with Crippen LogP contribution in [0.15, 0.2) is 28.7 Å². The minimum absolute atomic E-state index is 0.0550. The maximum Gasteiger partial charge on any atom is 0.0431 e. The molecule has 1 aromatic rings. The Labute approximate surface area is 99.2 Å². The van der Waals surface area contributed by atoms with Crippen LogP contribution in [0.1, 0.15) is 37.7 Å². The van der Waals surface area contributed by atoms with E-state index >= 15 is 0 Å². The van der Waals surface area contributed by atoms with Crippen LogP contribution in [-0.4, -0.2) is 0 Å². The molecule has 0 radical (unpaired) electrons. The fourth-order valence-corrected chi connectivity index (χ4v) is 4.05. The Morgan fingerprint density at radius 1 is 1.13 bits per heavy atom. The molecule has 0 atom stereocenters. The van der Waals surface area contributed by atoms with E-state index in [1.54, 1.807) is 0 Å². The summed E-state index contributed by atoms with van der Waals surface area (Å²) in [5.41, 5.74) is 8.35. The van der Waals surface area contributed by atoms with Crippen LogP contribution in [0, 0.1) is 5.41 Å². The molecule has 2 aliphatic rings. The van der Waals surface area contributed by atoms with Gasteiger partial charge in [0.2, 0.25) is 0 Å². The van der Waals surface area contributed by atoms with Crippen molar-refractivity contribution in [3.63, 3.8) is 0 Å². The fourth-order valence-electron chi connectivity index (χ4n) is 3.37. The van der Waals surface area contributed by atoms with Crippen LogP contribution in [0.5, 0.6) is 0 Å². The molecule has 0 aromatic heterocycles. The average molecular weight is 266 g/mol. The van der Waals surface area contributed by atoms with Gasteiger partial charge in [-0.3, -0.25) is 0 Å². The van der Waals surface area contributed by atoms with Gasteiger partial charge in [-0.1, -0.05) is 40.5 Å². The van der Waals surface area contributed by atoms with Crippen molar-refractivity contribution >= 4 is 15.9 Å². The topological polar surface area (TPSA) is 26.0 Å². The van der Waals surface area contributed by atoms with Crippen molar-refractivity contribution in [1.29, 1.82) is 0 Å². The van der Waals surface area contributed by atoms with Crippen LogP contribution in [0.3, 0.4) is 0 Å². The normalized spacial score (nSPS) is 25.7. The summed E-state index contributed by atoms with van der Waals surface area (Å²) in [7, 11) is 0. The quantitative estimate of drug-likeness (QED) is 0.826. The first-order valence-electron chi connectivity index (χ1n) is 5.68. The third-order valence-electron chi connectivity index (χ3n) is 4.21. The Hall–Kier alpha value is -0.340. The largest absolute Gasteiger partial charge is 0.321 e. The van der Waals surface area contributed by atoms with Gasteiger partial charge in [0.15, 0.2) is 0 Å². The van der Waals surface area contributed by atoms with Crippen molar-refractivity contribution in [2.75, 3.05) is 0 Å². The minimum atomic E-state index is -0.0550. The van der Waals surface area contributed by atoms with Crippen molar-refractivity contribution in [1.82, 2.24) is 0 Å². The molecule has 0 bridgehead atoms. The van der Waals surface area contributed by atoms with Crippen molar-refractivity contribution in [2.24, 2.45) is 11.1 Å². The highest BCUT2D eigenvalue weighted by molar-refractivity contribution is 9.10. The lowest BCUT2D eigenvalue weighted by molar-refractivity contribution is -0.0465. The van der Waals surface area contributed by atoms with E-state index in [-0.39, 0.29) is 5.54 Å². The molecule has 0 amide bonds. The summed E-state index contributed by atoms with van der Waals surface area (Å²) in [5, 5.41) is 0. The van der Waals surface area contributed by atoms with E-state index in [9.17, 15) is 0 Å². The smallest absolute Gasteiger partial charge is 0.0431 e. The maximum absolute atomic E-state index is 6.48. The third-order valence-corrected chi connectivity index (χ3v) is 4.90. The highest BCUT2D eigenvalue weighted by atomic mass is 79.9. The molecule has 15 heavy (non-hydrogen) atoms. The highest BCUT2D eigenvalue weighted by Crippen LogP contribution is 2.63. The van der Waals surface area contributed by atoms with E-state index in [0.717, 1.165) is 0 Å². The molecule has 0 heterocycles. The van der Waals surface area contributed by atoms with E-state index in [1.807, 2.05) is 0 Å². The molecule has 0 saturated heterocycles. The summed E-state index contributed by atoms with van der Waals surface area (Å²) in [6.45, 7) is 0. The number of nitrogens with two attached hydrogens (primary N) is 1. The molecular weight excluding hydrogens is 250 g/mol. The molecule has 1 nitrogen and oxygen atoms in total. The van der Waals surface area contributed by atoms with Gasteiger partial charge < -0.3 is 5.73 Å². The second kappa shape index (κ2) is 3.08. The van der Waals surface area contributed by atoms with Crippen LogP contribution in [-0.2, 0) is 5.54 Å². The highest BCUT2D eigenvalue weighted by Gasteiger charge is 2.56. The Balaban J connectivity index is 1.86. The summed E-state index contributed by atoms with van der Waals surface area (Å²) in [6.07, 6.45) is 6.57. The molecule has 1 spiro atoms. The molecule has 2 saturated carbocycles. The van der Waals surface area contributed by atoms with E-state index in [0.29, 0.717) is 5.41 Å². The molecule has 0 aliphatic heterocycles. The fraction of sp³-hybridized carbons (Fsp3) is 0.538. The number of hydrogen-bond acceptors (Lipinski definition) is 1. The monoisotopic (exact) mass is 265 g/mol. The lowest BCUT2D eigenvalue weighted by Crippen LogP contribution is -2.58. The molecule has 3 rings (SSSR count). The summed E-state index contributed by atoms with van der Waals surface area (Å²) >= 11 is 3.60. The van der Waals surface area contributed by atoms with E-state index in [4.69, 9.17) is 5.73 Å². The van der Waals surface area contributed by atoms with E-state index in [2.05, 4.69) is 40.2 Å². The molecule has 80 valence electrons. The molecule has 0 unspecified atom stereocenters. The van der Waals surface area contributed by atoms with Crippen LogP contribution in [0.25, 0.3) is 0 Å². The summed E-state index contributed by atoms with van der Waals surface area (Å²) in [6, 6.07) is 8.39. The number of hydrogen-bond donors (Lipinski definition) is 1. The van der Waals surface area contributed by atoms with Gasteiger partial charge in [0.25, 0.3) is 0 Å². The number of benzene rings is 1. The lowest BCUT2D eigenvalue weighted by atomic mass is 9.47. The van der Waals surface area contributed by atoms with Crippen LogP contribution >= 0.6 is 15.9 Å². The SMILES string of the molecule is NC1(c2ccccc2Br)CC2(CCC2)C1. The van der Waals surface area contributed by atoms with Gasteiger partial charge in [0, 0.05) is 10.0 Å². The molecule has 1 aromatic carbocycles. The van der Waals surface area contributed by atoms with Crippen molar-refractivity contribution < 1.29 is 0 Å². The zero-order chi connectivity index (χ0) is 10.5.